The van der Waals surface area contributed by atoms with Gasteiger partial charge in [-0.05, 0) is 32.3 Å². The van der Waals surface area contributed by atoms with Gasteiger partial charge >= 0.3 is 0 Å². The van der Waals surface area contributed by atoms with E-state index in [2.05, 4.69) is 21.9 Å². The highest BCUT2D eigenvalue weighted by Crippen LogP contribution is 2.25. The molecule has 70 valence electrons. The maximum atomic E-state index is 4.39. The molecule has 1 aromatic heterocycles. The monoisotopic (exact) mass is 177 g/mol. The van der Waals surface area contributed by atoms with Crippen LogP contribution in [-0.2, 0) is 0 Å². The van der Waals surface area contributed by atoms with Crippen LogP contribution in [0.5, 0.6) is 0 Å². The number of hydrogen-bond acceptors (Lipinski definition) is 3. The molecule has 1 saturated carbocycles. The number of rotatable bonds is 2. The Morgan fingerprint density at radius 3 is 2.77 bits per heavy atom. The molecular weight excluding hydrogens is 162 g/mol. The third-order valence-electron chi connectivity index (χ3n) is 2.72. The molecule has 0 aromatic carbocycles. The molecule has 0 spiro atoms. The lowest BCUT2D eigenvalue weighted by atomic mass is 9.92. The van der Waals surface area contributed by atoms with E-state index in [-0.39, 0.29) is 0 Å². The summed E-state index contributed by atoms with van der Waals surface area (Å²) in [4.78, 5) is 10.8. The zero-order valence-corrected chi connectivity index (χ0v) is 8.20. The molecule has 0 amide bonds. The molecule has 0 N–H and O–H groups in total. The predicted octanol–water partition coefficient (Wildman–Crippen LogP) is 1.77. The van der Waals surface area contributed by atoms with Crippen molar-refractivity contribution in [2.24, 2.45) is 0 Å². The summed E-state index contributed by atoms with van der Waals surface area (Å²) in [5, 5.41) is 0. The molecule has 1 heterocycles. The van der Waals surface area contributed by atoms with Crippen LogP contribution in [0.2, 0.25) is 0 Å². The van der Waals surface area contributed by atoms with Crippen LogP contribution in [0.1, 0.15) is 25.0 Å². The van der Waals surface area contributed by atoms with Gasteiger partial charge in [0.1, 0.15) is 0 Å². The fourth-order valence-electron chi connectivity index (χ4n) is 1.54. The number of hydrogen-bond donors (Lipinski definition) is 0. The minimum atomic E-state index is 0.668. The van der Waals surface area contributed by atoms with Gasteiger partial charge in [-0.2, -0.15) is 0 Å². The van der Waals surface area contributed by atoms with Crippen molar-refractivity contribution in [1.82, 2.24) is 9.97 Å². The van der Waals surface area contributed by atoms with Gasteiger partial charge in [0, 0.05) is 25.0 Å². The Kier molecular flexibility index (Phi) is 2.17. The fourth-order valence-corrected chi connectivity index (χ4v) is 1.54. The standard InChI is InChI=1S/C10H15N3/c1-8-6-7-11-10(12-8)13(2)9-4-3-5-9/h6-7,9H,3-5H2,1-2H3. The van der Waals surface area contributed by atoms with Gasteiger partial charge in [-0.1, -0.05) is 0 Å². The first-order valence-electron chi connectivity index (χ1n) is 4.80. The van der Waals surface area contributed by atoms with Crippen LogP contribution < -0.4 is 4.90 Å². The molecule has 3 heteroatoms. The highest BCUT2D eigenvalue weighted by molar-refractivity contribution is 5.31. The van der Waals surface area contributed by atoms with Crippen molar-refractivity contribution in [3.05, 3.63) is 18.0 Å². The molecular formula is C10H15N3. The van der Waals surface area contributed by atoms with Crippen molar-refractivity contribution >= 4 is 5.95 Å². The Bertz CT molecular complexity index is 294. The van der Waals surface area contributed by atoms with Crippen LogP contribution in [0.4, 0.5) is 5.95 Å². The van der Waals surface area contributed by atoms with Crippen LogP contribution >= 0.6 is 0 Å². The smallest absolute Gasteiger partial charge is 0.225 e. The van der Waals surface area contributed by atoms with Crippen LogP contribution in [0.25, 0.3) is 0 Å². The molecule has 0 bridgehead atoms. The summed E-state index contributed by atoms with van der Waals surface area (Å²) in [6, 6.07) is 2.60. The second-order valence-electron chi connectivity index (χ2n) is 3.69. The van der Waals surface area contributed by atoms with Crippen LogP contribution in [0.15, 0.2) is 12.3 Å². The Hall–Kier alpha value is -1.12. The van der Waals surface area contributed by atoms with Crippen LogP contribution in [-0.4, -0.2) is 23.1 Å². The summed E-state index contributed by atoms with van der Waals surface area (Å²) in [6.07, 6.45) is 5.75. The van der Waals surface area contributed by atoms with Crippen molar-refractivity contribution < 1.29 is 0 Å². The normalized spacial score (nSPS) is 16.8. The Balaban J connectivity index is 2.14. The fraction of sp³-hybridized carbons (Fsp3) is 0.600. The molecule has 1 aliphatic carbocycles. The highest BCUT2D eigenvalue weighted by Gasteiger charge is 2.23. The van der Waals surface area contributed by atoms with Gasteiger partial charge in [-0.3, -0.25) is 0 Å². The maximum Gasteiger partial charge on any atom is 0.225 e. The predicted molar refractivity (Wildman–Crippen MR) is 52.8 cm³/mol. The summed E-state index contributed by atoms with van der Waals surface area (Å²) in [6.45, 7) is 2.00. The molecule has 1 fully saturated rings. The van der Waals surface area contributed by atoms with Crippen molar-refractivity contribution in [3.8, 4) is 0 Å². The highest BCUT2D eigenvalue weighted by atomic mass is 15.3. The largest absolute Gasteiger partial charge is 0.341 e. The number of aromatic nitrogens is 2. The van der Waals surface area contributed by atoms with Crippen LogP contribution in [0.3, 0.4) is 0 Å². The average Bonchev–Trinajstić information content (AvgIpc) is 2.01. The van der Waals surface area contributed by atoms with Gasteiger partial charge in [0.15, 0.2) is 0 Å². The quantitative estimate of drug-likeness (QED) is 0.689. The summed E-state index contributed by atoms with van der Waals surface area (Å²) >= 11 is 0. The van der Waals surface area contributed by atoms with Crippen molar-refractivity contribution in [1.29, 1.82) is 0 Å². The third-order valence-corrected chi connectivity index (χ3v) is 2.72. The van der Waals surface area contributed by atoms with Gasteiger partial charge in [0.25, 0.3) is 0 Å². The van der Waals surface area contributed by atoms with Gasteiger partial charge in [-0.25, -0.2) is 9.97 Å². The second kappa shape index (κ2) is 3.32. The maximum absolute atomic E-state index is 4.39. The van der Waals surface area contributed by atoms with E-state index in [0.717, 1.165) is 11.6 Å². The minimum absolute atomic E-state index is 0.668. The SMILES string of the molecule is Cc1ccnc(N(C)C2CCC2)n1. The molecule has 13 heavy (non-hydrogen) atoms. The molecule has 3 nitrogen and oxygen atoms in total. The Morgan fingerprint density at radius 2 is 2.23 bits per heavy atom. The number of anilines is 1. The summed E-state index contributed by atoms with van der Waals surface area (Å²) < 4.78 is 0. The molecule has 0 radical (unpaired) electrons. The zero-order valence-electron chi connectivity index (χ0n) is 8.20. The first-order valence-corrected chi connectivity index (χ1v) is 4.80. The average molecular weight is 177 g/mol. The summed E-state index contributed by atoms with van der Waals surface area (Å²) in [5.74, 6) is 0.865. The molecule has 2 rings (SSSR count). The van der Waals surface area contributed by atoms with Crippen molar-refractivity contribution in [3.63, 3.8) is 0 Å². The third kappa shape index (κ3) is 1.64. The lowest BCUT2D eigenvalue weighted by molar-refractivity contribution is 0.397. The van der Waals surface area contributed by atoms with E-state index in [1.807, 2.05) is 19.2 Å². The first-order chi connectivity index (χ1) is 6.27. The van der Waals surface area contributed by atoms with Crippen LogP contribution in [0, 0.1) is 6.92 Å². The Labute approximate surface area is 78.8 Å². The van der Waals surface area contributed by atoms with Gasteiger partial charge in [0.05, 0.1) is 0 Å². The summed E-state index contributed by atoms with van der Waals surface area (Å²) in [5.41, 5.74) is 1.04. The Morgan fingerprint density at radius 1 is 1.46 bits per heavy atom. The van der Waals surface area contributed by atoms with E-state index in [4.69, 9.17) is 0 Å². The lowest BCUT2D eigenvalue weighted by Crippen LogP contribution is -2.38. The van der Waals surface area contributed by atoms with E-state index in [1.54, 1.807) is 0 Å². The molecule has 0 saturated heterocycles. The lowest BCUT2D eigenvalue weighted by Gasteiger charge is -2.34. The van der Waals surface area contributed by atoms with Gasteiger partial charge in [-0.15, -0.1) is 0 Å². The minimum Gasteiger partial charge on any atom is -0.341 e. The summed E-state index contributed by atoms with van der Waals surface area (Å²) in [7, 11) is 2.08. The van der Waals surface area contributed by atoms with Crippen molar-refractivity contribution in [2.45, 2.75) is 32.2 Å². The molecule has 0 unspecified atom stereocenters. The van der Waals surface area contributed by atoms with Gasteiger partial charge < -0.3 is 4.90 Å². The van der Waals surface area contributed by atoms with E-state index in [9.17, 15) is 0 Å². The van der Waals surface area contributed by atoms with E-state index in [1.165, 1.54) is 19.3 Å². The molecule has 1 aromatic rings. The van der Waals surface area contributed by atoms with E-state index in [0.29, 0.717) is 6.04 Å². The van der Waals surface area contributed by atoms with Gasteiger partial charge in [0.2, 0.25) is 5.95 Å². The zero-order chi connectivity index (χ0) is 9.26. The molecule has 0 aliphatic heterocycles. The van der Waals surface area contributed by atoms with Crippen molar-refractivity contribution in [2.75, 3.05) is 11.9 Å². The second-order valence-corrected chi connectivity index (χ2v) is 3.69. The first kappa shape index (κ1) is 8.48. The molecule has 0 atom stereocenters. The topological polar surface area (TPSA) is 29.0 Å². The number of aryl methyl sites for hydroxylation is 1. The van der Waals surface area contributed by atoms with E-state index >= 15 is 0 Å². The molecule has 1 aliphatic rings. The van der Waals surface area contributed by atoms with E-state index < -0.39 is 0 Å². The number of nitrogens with zero attached hydrogens (tertiary/aromatic N) is 3.